The lowest BCUT2D eigenvalue weighted by atomic mass is 10.4. The van der Waals surface area contributed by atoms with Crippen molar-refractivity contribution in [2.24, 2.45) is 5.73 Å². The van der Waals surface area contributed by atoms with Crippen molar-refractivity contribution in [2.75, 3.05) is 25.1 Å². The van der Waals surface area contributed by atoms with Crippen LogP contribution in [0.25, 0.3) is 0 Å². The highest BCUT2D eigenvalue weighted by Crippen LogP contribution is 2.10. The van der Waals surface area contributed by atoms with Gasteiger partial charge in [-0.25, -0.2) is 0 Å². The van der Waals surface area contributed by atoms with Gasteiger partial charge in [0.05, 0.1) is 12.3 Å². The number of nitrogens with one attached hydrogen (secondary N) is 1. The molecule has 1 heterocycles. The molecule has 0 saturated carbocycles. The number of aromatic nitrogens is 1. The molecule has 8 nitrogen and oxygen atoms in total. The predicted molar refractivity (Wildman–Crippen MR) is 59.4 cm³/mol. The Balaban J connectivity index is 2.27. The average Bonchev–Trinajstić information content (AvgIpc) is 2.29. The molecule has 1 aromatic rings. The van der Waals surface area contributed by atoms with Crippen LogP contribution in [0.4, 0.5) is 11.5 Å². The molecule has 3 N–H and O–H groups in total. The smallest absolute Gasteiger partial charge is 0.363 e. The summed E-state index contributed by atoms with van der Waals surface area (Å²) in [6.07, 6.45) is 1.35. The number of rotatable bonds is 7. The van der Waals surface area contributed by atoms with Gasteiger partial charge >= 0.3 is 5.82 Å². The Hall–Kier alpha value is -2.22. The molecule has 0 unspecified atom stereocenters. The third-order valence-corrected chi connectivity index (χ3v) is 1.75. The fourth-order valence-electron chi connectivity index (χ4n) is 1.04. The molecule has 17 heavy (non-hydrogen) atoms. The van der Waals surface area contributed by atoms with Crippen LogP contribution in [0.5, 0.6) is 0 Å². The van der Waals surface area contributed by atoms with Crippen LogP contribution >= 0.6 is 0 Å². The second-order valence-electron chi connectivity index (χ2n) is 3.11. The Morgan fingerprint density at radius 1 is 1.59 bits per heavy atom. The van der Waals surface area contributed by atoms with Crippen molar-refractivity contribution in [1.82, 2.24) is 4.98 Å². The van der Waals surface area contributed by atoms with Gasteiger partial charge < -0.3 is 25.9 Å². The SMILES string of the molecule is NC(=O)COCCNc1ccc([N+](=O)[O-])nc1. The van der Waals surface area contributed by atoms with Gasteiger partial charge in [0.15, 0.2) is 6.20 Å². The maximum Gasteiger partial charge on any atom is 0.363 e. The number of anilines is 1. The van der Waals surface area contributed by atoms with Crippen LogP contribution in [0.1, 0.15) is 0 Å². The van der Waals surface area contributed by atoms with Crippen LogP contribution in [0.15, 0.2) is 18.3 Å². The molecular weight excluding hydrogens is 228 g/mol. The monoisotopic (exact) mass is 240 g/mol. The number of carbonyl (C=O) groups is 1. The maximum absolute atomic E-state index is 10.3. The number of pyridine rings is 1. The number of nitro groups is 1. The van der Waals surface area contributed by atoms with Crippen molar-refractivity contribution in [2.45, 2.75) is 0 Å². The Labute approximate surface area is 96.9 Å². The topological polar surface area (TPSA) is 120 Å². The van der Waals surface area contributed by atoms with Crippen molar-refractivity contribution >= 4 is 17.4 Å². The molecule has 1 aromatic heterocycles. The standard InChI is InChI=1S/C9H12N4O4/c10-8(14)6-17-4-3-11-7-1-2-9(12-5-7)13(15)16/h1-2,5,11H,3-4,6H2,(H2,10,14). The lowest BCUT2D eigenvalue weighted by Crippen LogP contribution is -2.20. The highest BCUT2D eigenvalue weighted by atomic mass is 16.6. The van der Waals surface area contributed by atoms with Gasteiger partial charge in [-0.15, -0.1) is 0 Å². The first-order chi connectivity index (χ1) is 8.09. The highest BCUT2D eigenvalue weighted by molar-refractivity contribution is 5.74. The summed E-state index contributed by atoms with van der Waals surface area (Å²) in [6.45, 7) is 0.632. The second-order valence-corrected chi connectivity index (χ2v) is 3.11. The molecule has 1 rings (SSSR count). The van der Waals surface area contributed by atoms with Gasteiger partial charge in [0.2, 0.25) is 5.91 Å². The quantitative estimate of drug-likeness (QED) is 0.390. The van der Waals surface area contributed by atoms with E-state index < -0.39 is 10.8 Å². The van der Waals surface area contributed by atoms with Gasteiger partial charge in [-0.05, 0) is 16.0 Å². The minimum Gasteiger partial charge on any atom is -0.380 e. The van der Waals surface area contributed by atoms with Gasteiger partial charge in [0.1, 0.15) is 6.61 Å². The van der Waals surface area contributed by atoms with E-state index in [1.54, 1.807) is 6.07 Å². The second kappa shape index (κ2) is 6.38. The lowest BCUT2D eigenvalue weighted by molar-refractivity contribution is -0.389. The van der Waals surface area contributed by atoms with E-state index in [9.17, 15) is 14.9 Å². The Bertz CT molecular complexity index is 392. The van der Waals surface area contributed by atoms with Crippen LogP contribution in [-0.4, -0.2) is 35.6 Å². The van der Waals surface area contributed by atoms with Gasteiger partial charge in [-0.3, -0.25) is 4.79 Å². The van der Waals surface area contributed by atoms with Gasteiger partial charge in [-0.1, -0.05) is 0 Å². The van der Waals surface area contributed by atoms with Crippen LogP contribution in [0.3, 0.4) is 0 Å². The predicted octanol–water partition coefficient (Wildman–Crippen LogP) is -0.0964. The minimum absolute atomic E-state index is 0.125. The Morgan fingerprint density at radius 3 is 2.88 bits per heavy atom. The van der Waals surface area contributed by atoms with Crippen LogP contribution in [0.2, 0.25) is 0 Å². The molecular formula is C9H12N4O4. The van der Waals surface area contributed by atoms with E-state index in [4.69, 9.17) is 10.5 Å². The molecule has 0 fully saturated rings. The summed E-state index contributed by atoms with van der Waals surface area (Å²) in [6, 6.07) is 2.84. The summed E-state index contributed by atoms with van der Waals surface area (Å²) in [4.78, 5) is 23.7. The maximum atomic E-state index is 10.3. The first kappa shape index (κ1) is 12.8. The molecule has 0 aromatic carbocycles. The van der Waals surface area contributed by atoms with E-state index in [0.717, 1.165) is 0 Å². The molecule has 0 bridgehead atoms. The molecule has 0 aliphatic carbocycles. The normalized spacial score (nSPS) is 9.88. The highest BCUT2D eigenvalue weighted by Gasteiger charge is 2.05. The number of hydrogen-bond acceptors (Lipinski definition) is 6. The number of nitrogens with two attached hydrogens (primary N) is 1. The summed E-state index contributed by atoms with van der Waals surface area (Å²) in [5.74, 6) is -0.734. The van der Waals surface area contributed by atoms with E-state index in [2.05, 4.69) is 10.3 Å². The van der Waals surface area contributed by atoms with Crippen LogP contribution < -0.4 is 11.1 Å². The summed E-state index contributed by atoms with van der Waals surface area (Å²) in [5.41, 5.74) is 5.51. The lowest BCUT2D eigenvalue weighted by Gasteiger charge is -2.04. The summed E-state index contributed by atoms with van der Waals surface area (Å²) in [7, 11) is 0. The van der Waals surface area contributed by atoms with Crippen molar-refractivity contribution < 1.29 is 14.5 Å². The number of amides is 1. The number of ether oxygens (including phenoxy) is 1. The number of primary amides is 1. The fourth-order valence-corrected chi connectivity index (χ4v) is 1.04. The summed E-state index contributed by atoms with van der Waals surface area (Å²) in [5, 5.41) is 13.3. The third kappa shape index (κ3) is 4.89. The zero-order chi connectivity index (χ0) is 12.7. The van der Waals surface area contributed by atoms with Crippen molar-refractivity contribution in [3.05, 3.63) is 28.4 Å². The minimum atomic E-state index is -0.570. The zero-order valence-corrected chi connectivity index (χ0v) is 8.96. The summed E-state index contributed by atoms with van der Waals surface area (Å²) >= 11 is 0. The first-order valence-corrected chi connectivity index (χ1v) is 4.80. The number of hydrogen-bond donors (Lipinski definition) is 2. The van der Waals surface area contributed by atoms with Gasteiger partial charge in [-0.2, -0.15) is 0 Å². The Morgan fingerprint density at radius 2 is 2.35 bits per heavy atom. The van der Waals surface area contributed by atoms with E-state index >= 15 is 0 Å². The number of carbonyl (C=O) groups excluding carboxylic acids is 1. The van der Waals surface area contributed by atoms with E-state index in [-0.39, 0.29) is 12.4 Å². The van der Waals surface area contributed by atoms with Crippen molar-refractivity contribution in [1.29, 1.82) is 0 Å². The Kier molecular flexibility index (Phi) is 4.82. The zero-order valence-electron chi connectivity index (χ0n) is 8.96. The fraction of sp³-hybridized carbons (Fsp3) is 0.333. The molecule has 92 valence electrons. The van der Waals surface area contributed by atoms with Crippen molar-refractivity contribution in [3.8, 4) is 0 Å². The van der Waals surface area contributed by atoms with Crippen LogP contribution in [-0.2, 0) is 9.53 Å². The third-order valence-electron chi connectivity index (χ3n) is 1.75. The molecule has 0 saturated heterocycles. The molecule has 0 radical (unpaired) electrons. The van der Waals surface area contributed by atoms with E-state index in [1.807, 2.05) is 0 Å². The van der Waals surface area contributed by atoms with Gasteiger partial charge in [0.25, 0.3) is 0 Å². The van der Waals surface area contributed by atoms with E-state index in [0.29, 0.717) is 18.8 Å². The van der Waals surface area contributed by atoms with Gasteiger partial charge in [0, 0.05) is 12.6 Å². The van der Waals surface area contributed by atoms with Crippen molar-refractivity contribution in [3.63, 3.8) is 0 Å². The molecule has 0 aliphatic heterocycles. The molecule has 0 atom stereocenters. The molecule has 0 aliphatic rings. The molecule has 1 amide bonds. The summed E-state index contributed by atoms with van der Waals surface area (Å²) < 4.78 is 4.91. The van der Waals surface area contributed by atoms with Crippen LogP contribution in [0, 0.1) is 10.1 Å². The largest absolute Gasteiger partial charge is 0.380 e. The van der Waals surface area contributed by atoms with E-state index in [1.165, 1.54) is 12.3 Å². The molecule has 0 spiro atoms. The first-order valence-electron chi connectivity index (χ1n) is 4.80. The molecule has 8 heteroatoms. The average molecular weight is 240 g/mol. The number of nitrogens with zero attached hydrogens (tertiary/aromatic N) is 2.